The summed E-state index contributed by atoms with van der Waals surface area (Å²) in [6.45, 7) is 0. The second-order valence-corrected chi connectivity index (χ2v) is 11.5. The molecule has 0 fully saturated rings. The second kappa shape index (κ2) is 7.92. The fourth-order valence-electron chi connectivity index (χ4n) is 6.62. The Labute approximate surface area is 229 Å². The number of hydrogen-bond acceptors (Lipinski definition) is 2. The van der Waals surface area contributed by atoms with Crippen LogP contribution in [0.15, 0.2) is 132 Å². The van der Waals surface area contributed by atoms with Crippen molar-refractivity contribution < 1.29 is 4.42 Å². The van der Waals surface area contributed by atoms with E-state index in [4.69, 9.17) is 4.42 Å². The minimum atomic E-state index is 0.224. The fraction of sp³-hybridized carbons (Fsp3) is 0.0270. The number of furan rings is 1. The highest BCUT2D eigenvalue weighted by molar-refractivity contribution is 7.26. The van der Waals surface area contributed by atoms with Gasteiger partial charge in [-0.15, -0.1) is 11.3 Å². The summed E-state index contributed by atoms with van der Waals surface area (Å²) in [6.07, 6.45) is 0. The van der Waals surface area contributed by atoms with Gasteiger partial charge in [0.25, 0.3) is 0 Å². The molecule has 0 bridgehead atoms. The van der Waals surface area contributed by atoms with Gasteiger partial charge < -0.3 is 4.42 Å². The van der Waals surface area contributed by atoms with Gasteiger partial charge in [-0.05, 0) is 69.3 Å². The quantitative estimate of drug-likeness (QED) is 0.224. The topological polar surface area (TPSA) is 13.1 Å². The zero-order valence-corrected chi connectivity index (χ0v) is 21.8. The van der Waals surface area contributed by atoms with Gasteiger partial charge >= 0.3 is 0 Å². The van der Waals surface area contributed by atoms with Crippen LogP contribution in [-0.2, 0) is 0 Å². The van der Waals surface area contributed by atoms with Gasteiger partial charge in [-0.25, -0.2) is 0 Å². The number of benzene rings is 6. The Kier molecular flexibility index (Phi) is 4.33. The second-order valence-electron chi connectivity index (χ2n) is 10.5. The van der Waals surface area contributed by atoms with Crippen molar-refractivity contribution in [1.82, 2.24) is 0 Å². The molecule has 2 heteroatoms. The van der Waals surface area contributed by atoms with Crippen molar-refractivity contribution >= 4 is 53.4 Å². The summed E-state index contributed by atoms with van der Waals surface area (Å²) >= 11 is 1.92. The molecule has 0 aliphatic heterocycles. The summed E-state index contributed by atoms with van der Waals surface area (Å²) in [5.74, 6) is 0.224. The van der Waals surface area contributed by atoms with E-state index in [1.165, 1.54) is 64.5 Å². The minimum Gasteiger partial charge on any atom is -0.456 e. The molecule has 2 aromatic heterocycles. The van der Waals surface area contributed by atoms with E-state index >= 15 is 0 Å². The summed E-state index contributed by atoms with van der Waals surface area (Å²) in [7, 11) is 0. The van der Waals surface area contributed by atoms with Crippen molar-refractivity contribution in [2.45, 2.75) is 5.92 Å². The number of thiophene rings is 1. The monoisotopic (exact) mass is 514 g/mol. The van der Waals surface area contributed by atoms with Crippen LogP contribution in [0.1, 0.15) is 22.6 Å². The van der Waals surface area contributed by atoms with E-state index in [1.807, 2.05) is 23.5 Å². The predicted molar refractivity (Wildman–Crippen MR) is 165 cm³/mol. The molecule has 0 spiro atoms. The van der Waals surface area contributed by atoms with E-state index in [0.717, 1.165) is 16.6 Å². The van der Waals surface area contributed by atoms with Gasteiger partial charge in [0.1, 0.15) is 11.2 Å². The van der Waals surface area contributed by atoms with E-state index in [2.05, 4.69) is 115 Å². The molecule has 0 saturated carbocycles. The summed E-state index contributed by atoms with van der Waals surface area (Å²) in [4.78, 5) is 0. The third kappa shape index (κ3) is 3.01. The van der Waals surface area contributed by atoms with E-state index in [9.17, 15) is 0 Å². The summed E-state index contributed by atoms with van der Waals surface area (Å²) in [5.41, 5.74) is 11.2. The Hall–Kier alpha value is -4.66. The maximum atomic E-state index is 6.08. The molecule has 0 N–H and O–H groups in total. The summed E-state index contributed by atoms with van der Waals surface area (Å²) in [6, 6.07) is 46.5. The molecule has 0 radical (unpaired) electrons. The Morgan fingerprint density at radius 1 is 0.462 bits per heavy atom. The van der Waals surface area contributed by atoms with Gasteiger partial charge in [0.05, 0.1) is 0 Å². The minimum absolute atomic E-state index is 0.224. The molecule has 0 saturated heterocycles. The maximum Gasteiger partial charge on any atom is 0.135 e. The lowest BCUT2D eigenvalue weighted by Gasteiger charge is -2.16. The van der Waals surface area contributed by atoms with Gasteiger partial charge in [0.2, 0.25) is 0 Å². The molecule has 6 aromatic carbocycles. The molecule has 0 amide bonds. The van der Waals surface area contributed by atoms with Crippen LogP contribution < -0.4 is 0 Å². The molecule has 1 nitrogen and oxygen atoms in total. The smallest absolute Gasteiger partial charge is 0.135 e. The zero-order valence-electron chi connectivity index (χ0n) is 21.0. The van der Waals surface area contributed by atoms with Crippen LogP contribution >= 0.6 is 11.3 Å². The van der Waals surface area contributed by atoms with Crippen molar-refractivity contribution in [3.05, 3.63) is 144 Å². The lowest BCUT2D eigenvalue weighted by atomic mass is 9.88. The molecule has 1 atom stereocenters. The van der Waals surface area contributed by atoms with E-state index in [1.54, 1.807) is 0 Å². The number of rotatable bonds is 2. The van der Waals surface area contributed by atoms with Crippen LogP contribution in [0.4, 0.5) is 0 Å². The Morgan fingerprint density at radius 2 is 1.15 bits per heavy atom. The van der Waals surface area contributed by atoms with Gasteiger partial charge in [-0.3, -0.25) is 0 Å². The van der Waals surface area contributed by atoms with Crippen LogP contribution in [0.2, 0.25) is 0 Å². The lowest BCUT2D eigenvalue weighted by molar-refractivity contribution is 0.669. The summed E-state index contributed by atoms with van der Waals surface area (Å²) < 4.78 is 8.83. The first-order valence-corrected chi connectivity index (χ1v) is 14.2. The molecular weight excluding hydrogens is 492 g/mol. The number of hydrogen-bond donors (Lipinski definition) is 0. The molecule has 1 aliphatic rings. The number of para-hydroxylation sites is 1. The van der Waals surface area contributed by atoms with Crippen molar-refractivity contribution in [1.29, 1.82) is 0 Å². The molecule has 182 valence electrons. The third-order valence-electron chi connectivity index (χ3n) is 8.38. The van der Waals surface area contributed by atoms with Crippen LogP contribution in [0.25, 0.3) is 64.4 Å². The molecule has 39 heavy (non-hydrogen) atoms. The van der Waals surface area contributed by atoms with Crippen molar-refractivity contribution in [3.8, 4) is 22.3 Å². The van der Waals surface area contributed by atoms with Crippen molar-refractivity contribution in [2.24, 2.45) is 0 Å². The summed E-state index contributed by atoms with van der Waals surface area (Å²) in [5, 5.41) is 5.04. The lowest BCUT2D eigenvalue weighted by Crippen LogP contribution is -1.99. The Bertz CT molecular complexity index is 2250. The zero-order chi connectivity index (χ0) is 25.5. The van der Waals surface area contributed by atoms with E-state index < -0.39 is 0 Å². The van der Waals surface area contributed by atoms with Gasteiger partial charge in [-0.1, -0.05) is 97.1 Å². The van der Waals surface area contributed by atoms with Crippen LogP contribution in [0.5, 0.6) is 0 Å². The fourth-order valence-corrected chi connectivity index (χ4v) is 7.87. The largest absolute Gasteiger partial charge is 0.456 e. The molecule has 2 heterocycles. The van der Waals surface area contributed by atoms with Crippen LogP contribution in [-0.4, -0.2) is 0 Å². The number of fused-ring (bicyclic) bond motifs is 9. The van der Waals surface area contributed by atoms with Crippen LogP contribution in [0.3, 0.4) is 0 Å². The maximum absolute atomic E-state index is 6.08. The molecule has 9 rings (SSSR count). The van der Waals surface area contributed by atoms with E-state index in [0.29, 0.717) is 0 Å². The predicted octanol–water partition coefficient (Wildman–Crippen LogP) is 10.8. The van der Waals surface area contributed by atoms with Crippen molar-refractivity contribution in [3.63, 3.8) is 0 Å². The average Bonchev–Trinajstić information content (AvgIpc) is 3.66. The SMILES string of the molecule is c1ccc2c(c1)-c1cc(-c3ccc4oc5ccccc5c4c3)ccc1[C@@H]2c1cccc2c1sc1ccccc12. The molecule has 0 unspecified atom stereocenters. The van der Waals surface area contributed by atoms with Crippen LogP contribution in [0, 0.1) is 0 Å². The highest BCUT2D eigenvalue weighted by Gasteiger charge is 2.31. The van der Waals surface area contributed by atoms with Crippen molar-refractivity contribution in [2.75, 3.05) is 0 Å². The average molecular weight is 515 g/mol. The Balaban J connectivity index is 1.25. The highest BCUT2D eigenvalue weighted by Crippen LogP contribution is 2.51. The van der Waals surface area contributed by atoms with Gasteiger partial charge in [0, 0.05) is 36.9 Å². The third-order valence-corrected chi connectivity index (χ3v) is 9.62. The first kappa shape index (κ1) is 21.3. The molecule has 1 aliphatic carbocycles. The highest BCUT2D eigenvalue weighted by atomic mass is 32.1. The van der Waals surface area contributed by atoms with Gasteiger partial charge in [0.15, 0.2) is 0 Å². The first-order valence-electron chi connectivity index (χ1n) is 13.4. The molecular formula is C37H22OS. The van der Waals surface area contributed by atoms with E-state index in [-0.39, 0.29) is 5.92 Å². The standard InChI is InChI=1S/C37H22OS/c1-2-11-27-24(8-1)31-20-22(23-17-19-34-32(21-23)25-9-3-5-14-33(25)38-34)16-18-28(31)36(27)30-13-7-12-29-26-10-4-6-15-35(26)39-37(29)30/h1-21,36H/t36-/m1/s1. The molecule has 8 aromatic rings. The normalized spacial score (nSPS) is 14.4. The first-order chi connectivity index (χ1) is 19.3. The Morgan fingerprint density at radius 3 is 2.13 bits per heavy atom. The van der Waals surface area contributed by atoms with Gasteiger partial charge in [-0.2, -0.15) is 0 Å².